The highest BCUT2D eigenvalue weighted by Crippen LogP contribution is 2.14. The number of guanidine groups is 1. The van der Waals surface area contributed by atoms with Crippen molar-refractivity contribution in [3.05, 3.63) is 12.2 Å². The number of aliphatic imine (C=N–C) groups is 1. The third kappa shape index (κ3) is 5.29. The zero-order valence-electron chi connectivity index (χ0n) is 14.0. The van der Waals surface area contributed by atoms with Crippen LogP contribution in [0.5, 0.6) is 0 Å². The molecule has 0 aromatic carbocycles. The largest absolute Gasteiger partial charge is 0.357 e. The van der Waals surface area contributed by atoms with Gasteiger partial charge in [-0.2, -0.15) is 5.10 Å². The van der Waals surface area contributed by atoms with Crippen LogP contribution in [-0.4, -0.2) is 58.3 Å². The number of hydrogen-bond donors (Lipinski definition) is 2. The van der Waals surface area contributed by atoms with Crippen LogP contribution in [0.1, 0.15) is 32.5 Å². The minimum atomic E-state index is 0.535. The Morgan fingerprint density at radius 2 is 2.14 bits per heavy atom. The molecule has 22 heavy (non-hydrogen) atoms. The third-order valence-electron chi connectivity index (χ3n) is 4.12. The number of piperidine rings is 1. The van der Waals surface area contributed by atoms with E-state index in [1.807, 2.05) is 7.05 Å². The Morgan fingerprint density at radius 3 is 2.77 bits per heavy atom. The fourth-order valence-electron chi connectivity index (χ4n) is 2.57. The van der Waals surface area contributed by atoms with Gasteiger partial charge in [-0.05, 0) is 38.8 Å². The van der Waals surface area contributed by atoms with Crippen LogP contribution >= 0.6 is 0 Å². The van der Waals surface area contributed by atoms with Crippen molar-refractivity contribution in [3.8, 4) is 0 Å². The lowest BCUT2D eigenvalue weighted by Crippen LogP contribution is -2.43. The van der Waals surface area contributed by atoms with Crippen LogP contribution in [0.25, 0.3) is 0 Å². The predicted octanol–water partition coefficient (Wildman–Crippen LogP) is 0.602. The second-order valence-corrected chi connectivity index (χ2v) is 5.95. The van der Waals surface area contributed by atoms with Gasteiger partial charge in [0, 0.05) is 26.7 Å². The first kappa shape index (κ1) is 16.7. The van der Waals surface area contributed by atoms with E-state index in [0.717, 1.165) is 37.3 Å². The Balaban J connectivity index is 1.75. The number of likely N-dealkylation sites (tertiary alicyclic amines) is 1. The highest BCUT2D eigenvalue weighted by molar-refractivity contribution is 5.79. The fraction of sp³-hybridized carbons (Fsp3) is 0.800. The van der Waals surface area contributed by atoms with Gasteiger partial charge in [0.15, 0.2) is 5.96 Å². The first-order valence-corrected chi connectivity index (χ1v) is 8.26. The zero-order chi connectivity index (χ0) is 15.8. The summed E-state index contributed by atoms with van der Waals surface area (Å²) in [5, 5.41) is 10.7. The molecule has 0 unspecified atom stereocenters. The molecule has 0 aliphatic carbocycles. The van der Waals surface area contributed by atoms with Gasteiger partial charge in [0.2, 0.25) is 0 Å². The standard InChI is InChI=1S/C15H29N7/c1-4-16-15(18-11-14-19-12-20-21(14)3)17-7-10-22-8-5-13(2)6-9-22/h12-13H,4-11H2,1-3H3,(H2,16,17,18). The van der Waals surface area contributed by atoms with Gasteiger partial charge in [0.1, 0.15) is 18.7 Å². The van der Waals surface area contributed by atoms with Crippen LogP contribution < -0.4 is 10.6 Å². The average Bonchev–Trinajstić information content (AvgIpc) is 2.92. The normalized spacial score (nSPS) is 17.7. The van der Waals surface area contributed by atoms with Gasteiger partial charge < -0.3 is 15.5 Å². The zero-order valence-corrected chi connectivity index (χ0v) is 14.0. The molecule has 124 valence electrons. The van der Waals surface area contributed by atoms with E-state index in [1.165, 1.54) is 25.9 Å². The maximum atomic E-state index is 4.56. The van der Waals surface area contributed by atoms with Crippen molar-refractivity contribution in [2.24, 2.45) is 18.0 Å². The van der Waals surface area contributed by atoms with Gasteiger partial charge in [0.05, 0.1) is 0 Å². The second-order valence-electron chi connectivity index (χ2n) is 5.95. The van der Waals surface area contributed by atoms with Crippen molar-refractivity contribution in [2.75, 3.05) is 32.7 Å². The van der Waals surface area contributed by atoms with E-state index in [-0.39, 0.29) is 0 Å². The number of hydrogen-bond acceptors (Lipinski definition) is 4. The molecule has 7 heteroatoms. The van der Waals surface area contributed by atoms with Crippen LogP contribution in [0, 0.1) is 5.92 Å². The molecule has 7 nitrogen and oxygen atoms in total. The van der Waals surface area contributed by atoms with Crippen LogP contribution in [0.2, 0.25) is 0 Å². The summed E-state index contributed by atoms with van der Waals surface area (Å²) in [7, 11) is 1.88. The van der Waals surface area contributed by atoms with Crippen LogP contribution in [0.4, 0.5) is 0 Å². The molecule has 1 fully saturated rings. The molecule has 1 aromatic heterocycles. The first-order chi connectivity index (χ1) is 10.7. The molecule has 1 saturated heterocycles. The molecule has 0 spiro atoms. The van der Waals surface area contributed by atoms with Gasteiger partial charge in [-0.1, -0.05) is 6.92 Å². The first-order valence-electron chi connectivity index (χ1n) is 8.26. The molecule has 2 heterocycles. The summed E-state index contributed by atoms with van der Waals surface area (Å²) in [6.07, 6.45) is 4.20. The van der Waals surface area contributed by atoms with Crippen LogP contribution in [0.3, 0.4) is 0 Å². The fourth-order valence-corrected chi connectivity index (χ4v) is 2.57. The van der Waals surface area contributed by atoms with Crippen molar-refractivity contribution in [2.45, 2.75) is 33.2 Å². The van der Waals surface area contributed by atoms with Crippen LogP contribution in [-0.2, 0) is 13.6 Å². The summed E-state index contributed by atoms with van der Waals surface area (Å²) in [4.78, 5) is 11.3. The summed E-state index contributed by atoms with van der Waals surface area (Å²) < 4.78 is 1.75. The monoisotopic (exact) mass is 307 g/mol. The summed E-state index contributed by atoms with van der Waals surface area (Å²) in [5.74, 6) is 2.59. The van der Waals surface area contributed by atoms with Crippen molar-refractivity contribution >= 4 is 5.96 Å². The summed E-state index contributed by atoms with van der Waals surface area (Å²) in [5.41, 5.74) is 0. The van der Waals surface area contributed by atoms with Gasteiger partial charge in [-0.25, -0.2) is 9.98 Å². The Bertz CT molecular complexity index is 460. The topological polar surface area (TPSA) is 70.4 Å². The molecular weight excluding hydrogens is 278 g/mol. The molecule has 0 atom stereocenters. The molecule has 0 radical (unpaired) electrons. The molecule has 2 N–H and O–H groups in total. The smallest absolute Gasteiger partial charge is 0.191 e. The predicted molar refractivity (Wildman–Crippen MR) is 88.7 cm³/mol. The van der Waals surface area contributed by atoms with Crippen molar-refractivity contribution < 1.29 is 0 Å². The lowest BCUT2D eigenvalue weighted by molar-refractivity contribution is 0.195. The highest BCUT2D eigenvalue weighted by atomic mass is 15.3. The molecule has 1 aliphatic rings. The third-order valence-corrected chi connectivity index (χ3v) is 4.12. The molecule has 0 bridgehead atoms. The molecule has 0 saturated carbocycles. The Hall–Kier alpha value is -1.63. The van der Waals surface area contributed by atoms with E-state index in [9.17, 15) is 0 Å². The van der Waals surface area contributed by atoms with E-state index in [2.05, 4.69) is 44.5 Å². The molecule has 0 amide bonds. The van der Waals surface area contributed by atoms with E-state index >= 15 is 0 Å². The van der Waals surface area contributed by atoms with Crippen LogP contribution in [0.15, 0.2) is 11.3 Å². The Kier molecular flexibility index (Phi) is 6.64. The van der Waals surface area contributed by atoms with E-state index < -0.39 is 0 Å². The van der Waals surface area contributed by atoms with E-state index in [1.54, 1.807) is 11.0 Å². The number of aromatic nitrogens is 3. The summed E-state index contributed by atoms with van der Waals surface area (Å²) in [6, 6.07) is 0. The minimum Gasteiger partial charge on any atom is -0.357 e. The van der Waals surface area contributed by atoms with E-state index in [4.69, 9.17) is 0 Å². The number of nitrogens with one attached hydrogen (secondary N) is 2. The van der Waals surface area contributed by atoms with Gasteiger partial charge in [-0.3, -0.25) is 4.68 Å². The number of nitrogens with zero attached hydrogens (tertiary/aromatic N) is 5. The average molecular weight is 307 g/mol. The van der Waals surface area contributed by atoms with Gasteiger partial charge >= 0.3 is 0 Å². The Labute approximate surface area is 133 Å². The maximum Gasteiger partial charge on any atom is 0.191 e. The molecular formula is C15H29N7. The number of aryl methyl sites for hydroxylation is 1. The molecule has 1 aromatic rings. The SMILES string of the molecule is CCNC(=NCc1ncnn1C)NCCN1CCC(C)CC1. The Morgan fingerprint density at radius 1 is 1.36 bits per heavy atom. The maximum absolute atomic E-state index is 4.56. The van der Waals surface area contributed by atoms with Gasteiger partial charge in [0.25, 0.3) is 0 Å². The molecule has 1 aliphatic heterocycles. The van der Waals surface area contributed by atoms with E-state index in [0.29, 0.717) is 6.54 Å². The number of rotatable bonds is 6. The minimum absolute atomic E-state index is 0.535. The lowest BCUT2D eigenvalue weighted by Gasteiger charge is -2.30. The summed E-state index contributed by atoms with van der Waals surface area (Å²) >= 11 is 0. The summed E-state index contributed by atoms with van der Waals surface area (Å²) in [6.45, 7) is 10.2. The quantitative estimate of drug-likeness (QED) is 0.595. The van der Waals surface area contributed by atoms with Gasteiger partial charge in [-0.15, -0.1) is 0 Å². The van der Waals surface area contributed by atoms with Crippen molar-refractivity contribution in [1.29, 1.82) is 0 Å². The van der Waals surface area contributed by atoms with Crippen molar-refractivity contribution in [1.82, 2.24) is 30.3 Å². The lowest BCUT2D eigenvalue weighted by atomic mass is 9.99. The second kappa shape index (κ2) is 8.73. The highest BCUT2D eigenvalue weighted by Gasteiger charge is 2.14. The molecule has 2 rings (SSSR count). The van der Waals surface area contributed by atoms with Crippen molar-refractivity contribution in [3.63, 3.8) is 0 Å².